The smallest absolute Gasteiger partial charge is 0.200 e. The molecule has 0 aliphatic rings. The van der Waals surface area contributed by atoms with E-state index in [-0.39, 0.29) is 0 Å². The minimum atomic E-state index is -7.22. The zero-order chi connectivity index (χ0) is 56.2. The SMILES string of the molecule is CCCCCCCCCCCCCCCCCCc1ccc(C[n+]2ccncc2)cc1.Fc1c(F)c(F)c([B-](c2c(F)c(F)c(F)c(F)c2F)(c2c(F)c(F)c(F)c(F)c2F)c2c(F)c(F)c(F)c(F)c2F)c(F)c1F. The maximum Gasteiger partial charge on any atom is 0.200 e. The lowest BCUT2D eigenvalue weighted by atomic mass is 9.12. The Labute approximate surface area is 423 Å². The van der Waals surface area contributed by atoms with Crippen LogP contribution >= 0.6 is 0 Å². The summed E-state index contributed by atoms with van der Waals surface area (Å²) in [7, 11) is 0. The topological polar surface area (TPSA) is 16.8 Å². The number of aryl methyl sites for hydroxylation is 1. The van der Waals surface area contributed by atoms with Crippen LogP contribution in [-0.4, -0.2) is 11.1 Å². The predicted octanol–water partition coefficient (Wildman–Crippen LogP) is 14.1. The number of aromatic nitrogens is 2. The standard InChI is InChI=1S/C29H47N2.C24BF20/c1-2-3-4-5-6-7-8-9-10-11-12-13-14-15-16-17-18-28-19-21-29(22-20-28)27-31-25-23-30-24-26-31;26-5-1(6(27)14(35)21(42)13(5)34)25(2-7(28)15(36)22(43)16(37)8(2)29,3-9(30)17(38)23(44)18(39)10(3)31)4-11(32)19(40)24(45)20(41)12(4)33/h19-26H,2-18,27H2,1H3;/q+1;-1. The van der Waals surface area contributed by atoms with Gasteiger partial charge in [0.05, 0.1) is 12.4 Å². The molecule has 0 atom stereocenters. The summed E-state index contributed by atoms with van der Waals surface area (Å²) in [5.41, 5.74) is -11.5. The van der Waals surface area contributed by atoms with E-state index in [9.17, 15) is 52.7 Å². The van der Waals surface area contributed by atoms with Gasteiger partial charge in [0.15, 0.2) is 88.7 Å². The highest BCUT2D eigenvalue weighted by molar-refractivity contribution is 7.20. The van der Waals surface area contributed by atoms with Crippen LogP contribution in [0.5, 0.6) is 0 Å². The van der Waals surface area contributed by atoms with Crippen molar-refractivity contribution < 1.29 is 92.4 Å². The summed E-state index contributed by atoms with van der Waals surface area (Å²) >= 11 is 0. The average molecular weight is 1100 g/mol. The normalized spacial score (nSPS) is 11.6. The van der Waals surface area contributed by atoms with Gasteiger partial charge in [0, 0.05) is 5.56 Å². The minimum Gasteiger partial charge on any atom is -0.252 e. The fraction of sp³-hybridized carbons (Fsp3) is 0.358. The average Bonchev–Trinajstić information content (AvgIpc) is 3.41. The van der Waals surface area contributed by atoms with E-state index < -0.39 is 144 Å². The molecule has 0 unspecified atom stereocenters. The molecule has 0 bridgehead atoms. The van der Waals surface area contributed by atoms with Crippen LogP contribution in [0.1, 0.15) is 121 Å². The van der Waals surface area contributed by atoms with Gasteiger partial charge in [0.25, 0.3) is 0 Å². The molecule has 5 aromatic carbocycles. The highest BCUT2D eigenvalue weighted by atomic mass is 19.2. The van der Waals surface area contributed by atoms with Crippen molar-refractivity contribution in [2.75, 3.05) is 0 Å². The third kappa shape index (κ3) is 12.8. The monoisotopic (exact) mass is 1100 g/mol. The number of halogens is 20. The number of nitrogens with zero attached hydrogens (tertiary/aromatic N) is 2. The Morgan fingerprint density at radius 1 is 0.303 bits per heavy atom. The first-order valence-electron chi connectivity index (χ1n) is 24.2. The summed E-state index contributed by atoms with van der Waals surface area (Å²) in [5, 5.41) is 0. The van der Waals surface area contributed by atoms with E-state index in [2.05, 4.69) is 40.7 Å². The molecule has 0 fully saturated rings. The molecular formula is C53H47BF20N2. The van der Waals surface area contributed by atoms with Crippen LogP contribution in [-0.2, 0) is 13.0 Å². The van der Waals surface area contributed by atoms with Gasteiger partial charge in [0.1, 0.15) is 52.7 Å². The summed E-state index contributed by atoms with van der Waals surface area (Å²) in [6.45, 7) is 3.22. The van der Waals surface area contributed by atoms with Gasteiger partial charge < -0.3 is 0 Å². The molecule has 0 aliphatic heterocycles. The van der Waals surface area contributed by atoms with Crippen LogP contribution in [0.25, 0.3) is 0 Å². The van der Waals surface area contributed by atoms with Crippen LogP contribution in [0.4, 0.5) is 87.8 Å². The van der Waals surface area contributed by atoms with Crippen molar-refractivity contribution in [3.05, 3.63) is 177 Å². The Kier molecular flexibility index (Phi) is 21.8. The predicted molar refractivity (Wildman–Crippen MR) is 242 cm³/mol. The van der Waals surface area contributed by atoms with Crippen molar-refractivity contribution >= 4 is 28.0 Å². The van der Waals surface area contributed by atoms with Gasteiger partial charge in [-0.05, 0) is 18.4 Å². The van der Waals surface area contributed by atoms with E-state index >= 15 is 35.1 Å². The van der Waals surface area contributed by atoms with Crippen molar-refractivity contribution in [3.8, 4) is 0 Å². The highest BCUT2D eigenvalue weighted by Crippen LogP contribution is 2.31. The molecule has 23 heteroatoms. The van der Waals surface area contributed by atoms with Crippen LogP contribution < -0.4 is 26.4 Å². The van der Waals surface area contributed by atoms with Gasteiger partial charge >= 0.3 is 0 Å². The van der Waals surface area contributed by atoms with Crippen molar-refractivity contribution in [1.29, 1.82) is 0 Å². The van der Waals surface area contributed by atoms with E-state index in [0.29, 0.717) is 0 Å². The molecule has 0 saturated carbocycles. The Hall–Kier alpha value is -6.16. The molecule has 0 N–H and O–H groups in total. The number of unbranched alkanes of at least 4 members (excludes halogenated alkanes) is 15. The number of hydrogen-bond donors (Lipinski definition) is 0. The minimum absolute atomic E-state index is 0.918. The van der Waals surface area contributed by atoms with Crippen LogP contribution in [0, 0.1) is 116 Å². The second-order valence-electron chi connectivity index (χ2n) is 18.1. The summed E-state index contributed by atoms with van der Waals surface area (Å²) < 4.78 is 296. The molecule has 1 heterocycles. The maximum atomic E-state index is 15.4. The van der Waals surface area contributed by atoms with Crippen LogP contribution in [0.2, 0.25) is 0 Å². The van der Waals surface area contributed by atoms with E-state index in [4.69, 9.17) is 0 Å². The first kappa shape index (κ1) is 60.7. The van der Waals surface area contributed by atoms with E-state index in [1.54, 1.807) is 0 Å². The molecular weight excluding hydrogens is 1060 g/mol. The Balaban J connectivity index is 0.000000301. The first-order chi connectivity index (χ1) is 36.1. The zero-order valence-corrected chi connectivity index (χ0v) is 40.4. The third-order valence-corrected chi connectivity index (χ3v) is 13.1. The van der Waals surface area contributed by atoms with Crippen molar-refractivity contribution in [2.45, 2.75) is 123 Å². The van der Waals surface area contributed by atoms with Crippen LogP contribution in [0.15, 0.2) is 49.1 Å². The molecule has 0 spiro atoms. The van der Waals surface area contributed by atoms with Gasteiger partial charge in [-0.3, -0.25) is 4.98 Å². The molecule has 6 rings (SSSR count). The second-order valence-corrected chi connectivity index (χ2v) is 18.1. The fourth-order valence-electron chi connectivity index (χ4n) is 9.23. The Morgan fingerprint density at radius 3 is 0.789 bits per heavy atom. The molecule has 6 aromatic rings. The molecule has 0 saturated heterocycles. The van der Waals surface area contributed by atoms with Gasteiger partial charge in [-0.2, -0.15) is 4.57 Å². The molecule has 412 valence electrons. The first-order valence-corrected chi connectivity index (χ1v) is 24.2. The van der Waals surface area contributed by atoms with Crippen molar-refractivity contribution in [1.82, 2.24) is 4.98 Å². The Morgan fingerprint density at radius 2 is 0.526 bits per heavy atom. The number of rotatable bonds is 23. The van der Waals surface area contributed by atoms with Gasteiger partial charge in [0.2, 0.25) is 0 Å². The third-order valence-electron chi connectivity index (χ3n) is 13.1. The maximum absolute atomic E-state index is 15.4. The highest BCUT2D eigenvalue weighted by Gasteiger charge is 2.52. The summed E-state index contributed by atoms with van der Waals surface area (Å²) in [6.07, 6.45) is 24.7. The van der Waals surface area contributed by atoms with E-state index in [0.717, 1.165) is 6.54 Å². The Bertz CT molecular complexity index is 2570. The molecule has 1 aromatic heterocycles. The molecule has 2 nitrogen and oxygen atoms in total. The van der Waals surface area contributed by atoms with Crippen molar-refractivity contribution in [2.24, 2.45) is 0 Å². The number of hydrogen-bond acceptors (Lipinski definition) is 1. The van der Waals surface area contributed by atoms with Gasteiger partial charge in [-0.25, -0.2) is 87.8 Å². The van der Waals surface area contributed by atoms with Gasteiger partial charge in [-0.1, -0.05) is 128 Å². The van der Waals surface area contributed by atoms with Crippen LogP contribution in [0.3, 0.4) is 0 Å². The second kappa shape index (κ2) is 27.2. The van der Waals surface area contributed by atoms with E-state index in [1.165, 1.54) is 120 Å². The van der Waals surface area contributed by atoms with E-state index in [1.807, 2.05) is 24.8 Å². The summed E-state index contributed by atoms with van der Waals surface area (Å²) in [6, 6.07) is 9.16. The summed E-state index contributed by atoms with van der Waals surface area (Å²) in [4.78, 5) is 4.07. The lowest BCUT2D eigenvalue weighted by Crippen LogP contribution is -2.81. The summed E-state index contributed by atoms with van der Waals surface area (Å²) in [5.74, 6) is -71.4. The molecule has 0 amide bonds. The molecule has 0 aliphatic carbocycles. The molecule has 76 heavy (non-hydrogen) atoms. The zero-order valence-electron chi connectivity index (χ0n) is 40.4. The molecule has 0 radical (unpaired) electrons. The lowest BCUT2D eigenvalue weighted by molar-refractivity contribution is -0.688. The lowest BCUT2D eigenvalue weighted by Gasteiger charge is -2.44. The number of benzene rings is 5. The fourth-order valence-corrected chi connectivity index (χ4v) is 9.23. The van der Waals surface area contributed by atoms with Gasteiger partial charge in [-0.15, -0.1) is 21.9 Å². The largest absolute Gasteiger partial charge is 0.252 e. The van der Waals surface area contributed by atoms with Crippen molar-refractivity contribution in [3.63, 3.8) is 0 Å². The quantitative estimate of drug-likeness (QED) is 0.0156.